The summed E-state index contributed by atoms with van der Waals surface area (Å²) in [5.74, 6) is 0.603. The quantitative estimate of drug-likeness (QED) is 0.727. The molecule has 0 spiro atoms. The second kappa shape index (κ2) is 3.25. The van der Waals surface area contributed by atoms with Gasteiger partial charge >= 0.3 is 0 Å². The molecule has 1 rings (SSSR count). The van der Waals surface area contributed by atoms with Gasteiger partial charge in [-0.2, -0.15) is 0 Å². The van der Waals surface area contributed by atoms with E-state index < -0.39 is 0 Å². The molecule has 1 aliphatic rings. The minimum Gasteiger partial charge on any atom is -0.380 e. The smallest absolute Gasteiger partial charge is 0.0620 e. The zero-order valence-corrected chi connectivity index (χ0v) is 9.55. The summed E-state index contributed by atoms with van der Waals surface area (Å²) < 4.78 is 5.36. The van der Waals surface area contributed by atoms with Crippen LogP contribution in [0, 0.1) is 16.7 Å². The van der Waals surface area contributed by atoms with Gasteiger partial charge in [-0.05, 0) is 23.7 Å². The molecule has 2 N–H and O–H groups in total. The zero-order valence-electron chi connectivity index (χ0n) is 9.55. The van der Waals surface area contributed by atoms with Crippen molar-refractivity contribution in [2.75, 3.05) is 13.2 Å². The van der Waals surface area contributed by atoms with Crippen molar-refractivity contribution in [2.24, 2.45) is 22.5 Å². The summed E-state index contributed by atoms with van der Waals surface area (Å²) in [4.78, 5) is 0. The van der Waals surface area contributed by atoms with Gasteiger partial charge in [-0.25, -0.2) is 0 Å². The maximum atomic E-state index is 6.09. The molecular weight excluding hydrogens is 162 g/mol. The van der Waals surface area contributed by atoms with Gasteiger partial charge in [0.2, 0.25) is 0 Å². The van der Waals surface area contributed by atoms with Crippen molar-refractivity contribution in [3.8, 4) is 0 Å². The standard InChI is InChI=1S/C11H23NO/c1-6-13-7-8(12)9-10(2,3)11(9,4)5/h8-9H,6-7,12H2,1-5H3. The van der Waals surface area contributed by atoms with E-state index in [1.54, 1.807) is 0 Å². The first kappa shape index (κ1) is 11.0. The van der Waals surface area contributed by atoms with E-state index in [1.807, 2.05) is 6.92 Å². The van der Waals surface area contributed by atoms with E-state index in [0.717, 1.165) is 6.61 Å². The first-order valence-electron chi connectivity index (χ1n) is 5.19. The Hall–Kier alpha value is -0.0800. The summed E-state index contributed by atoms with van der Waals surface area (Å²) in [5.41, 5.74) is 6.85. The summed E-state index contributed by atoms with van der Waals surface area (Å²) >= 11 is 0. The van der Waals surface area contributed by atoms with Gasteiger partial charge < -0.3 is 10.5 Å². The highest BCUT2D eigenvalue weighted by atomic mass is 16.5. The van der Waals surface area contributed by atoms with Crippen LogP contribution in [0.2, 0.25) is 0 Å². The first-order chi connectivity index (χ1) is 5.85. The molecular formula is C11H23NO. The Morgan fingerprint density at radius 3 is 2.00 bits per heavy atom. The lowest BCUT2D eigenvalue weighted by Gasteiger charge is -2.13. The van der Waals surface area contributed by atoms with Gasteiger partial charge in [-0.1, -0.05) is 27.7 Å². The molecule has 1 aliphatic carbocycles. The monoisotopic (exact) mass is 185 g/mol. The number of hydrogen-bond acceptors (Lipinski definition) is 2. The van der Waals surface area contributed by atoms with Crippen LogP contribution in [0.5, 0.6) is 0 Å². The van der Waals surface area contributed by atoms with Crippen LogP contribution in [0.3, 0.4) is 0 Å². The molecule has 1 saturated carbocycles. The van der Waals surface area contributed by atoms with E-state index in [-0.39, 0.29) is 6.04 Å². The summed E-state index contributed by atoms with van der Waals surface area (Å²) in [6, 6.07) is 0.199. The molecule has 1 atom stereocenters. The van der Waals surface area contributed by atoms with Gasteiger partial charge in [0, 0.05) is 12.6 Å². The summed E-state index contributed by atoms with van der Waals surface area (Å²) in [6.07, 6.45) is 0. The molecule has 2 nitrogen and oxygen atoms in total. The van der Waals surface area contributed by atoms with E-state index >= 15 is 0 Å². The average molecular weight is 185 g/mol. The molecule has 0 aromatic heterocycles. The molecule has 0 aromatic carbocycles. The SMILES string of the molecule is CCOCC(N)C1C(C)(C)C1(C)C. The second-order valence-corrected chi connectivity index (χ2v) is 5.24. The summed E-state index contributed by atoms with van der Waals surface area (Å²) in [5, 5.41) is 0. The summed E-state index contributed by atoms with van der Waals surface area (Å²) in [7, 11) is 0. The van der Waals surface area contributed by atoms with Crippen molar-refractivity contribution in [1.82, 2.24) is 0 Å². The molecule has 13 heavy (non-hydrogen) atoms. The van der Waals surface area contributed by atoms with Crippen molar-refractivity contribution in [1.29, 1.82) is 0 Å². The number of rotatable bonds is 4. The maximum Gasteiger partial charge on any atom is 0.0620 e. The highest BCUT2D eigenvalue weighted by Gasteiger charge is 2.66. The van der Waals surface area contributed by atoms with Crippen molar-refractivity contribution >= 4 is 0 Å². The lowest BCUT2D eigenvalue weighted by Crippen LogP contribution is -2.31. The Morgan fingerprint density at radius 1 is 1.23 bits per heavy atom. The minimum absolute atomic E-state index is 0.199. The van der Waals surface area contributed by atoms with Crippen LogP contribution in [0.4, 0.5) is 0 Å². The van der Waals surface area contributed by atoms with Crippen LogP contribution < -0.4 is 5.73 Å². The molecule has 0 amide bonds. The van der Waals surface area contributed by atoms with Crippen molar-refractivity contribution in [3.05, 3.63) is 0 Å². The molecule has 78 valence electrons. The molecule has 0 aliphatic heterocycles. The van der Waals surface area contributed by atoms with Crippen LogP contribution in [0.15, 0.2) is 0 Å². The molecule has 1 fully saturated rings. The highest BCUT2D eigenvalue weighted by molar-refractivity contribution is 5.15. The molecule has 1 unspecified atom stereocenters. The fourth-order valence-corrected chi connectivity index (χ4v) is 2.67. The Bertz CT molecular complexity index is 173. The normalized spacial score (nSPS) is 27.2. The molecule has 0 heterocycles. The third kappa shape index (κ3) is 1.62. The largest absolute Gasteiger partial charge is 0.380 e. The molecule has 2 heteroatoms. The topological polar surface area (TPSA) is 35.2 Å². The molecule has 0 bridgehead atoms. The fraction of sp³-hybridized carbons (Fsp3) is 1.00. The van der Waals surface area contributed by atoms with E-state index in [4.69, 9.17) is 10.5 Å². The van der Waals surface area contributed by atoms with Crippen LogP contribution in [-0.4, -0.2) is 19.3 Å². The number of ether oxygens (including phenoxy) is 1. The van der Waals surface area contributed by atoms with Crippen LogP contribution in [0.1, 0.15) is 34.6 Å². The molecule has 0 radical (unpaired) electrons. The Balaban J connectivity index is 2.47. The predicted octanol–water partition coefficient (Wildman–Crippen LogP) is 2.03. The van der Waals surface area contributed by atoms with Gasteiger partial charge in [0.25, 0.3) is 0 Å². The predicted molar refractivity (Wildman–Crippen MR) is 55.5 cm³/mol. The van der Waals surface area contributed by atoms with E-state index in [1.165, 1.54) is 0 Å². The Kier molecular flexibility index (Phi) is 2.75. The Morgan fingerprint density at radius 2 is 1.69 bits per heavy atom. The summed E-state index contributed by atoms with van der Waals surface area (Å²) in [6.45, 7) is 12.7. The Labute approximate surface area is 81.8 Å². The van der Waals surface area contributed by atoms with E-state index in [2.05, 4.69) is 27.7 Å². The van der Waals surface area contributed by atoms with Crippen LogP contribution in [-0.2, 0) is 4.74 Å². The number of hydrogen-bond donors (Lipinski definition) is 1. The van der Waals surface area contributed by atoms with Crippen molar-refractivity contribution in [2.45, 2.75) is 40.7 Å². The van der Waals surface area contributed by atoms with E-state index in [0.29, 0.717) is 23.4 Å². The van der Waals surface area contributed by atoms with Crippen molar-refractivity contribution in [3.63, 3.8) is 0 Å². The molecule has 0 saturated heterocycles. The maximum absolute atomic E-state index is 6.09. The first-order valence-corrected chi connectivity index (χ1v) is 5.19. The van der Waals surface area contributed by atoms with Gasteiger partial charge in [-0.15, -0.1) is 0 Å². The molecule has 0 aromatic rings. The average Bonchev–Trinajstić information content (AvgIpc) is 2.39. The van der Waals surface area contributed by atoms with Gasteiger partial charge in [0.1, 0.15) is 0 Å². The third-order valence-corrected chi connectivity index (χ3v) is 4.07. The highest BCUT2D eigenvalue weighted by Crippen LogP contribution is 2.69. The van der Waals surface area contributed by atoms with Gasteiger partial charge in [0.15, 0.2) is 0 Å². The van der Waals surface area contributed by atoms with Gasteiger partial charge in [-0.3, -0.25) is 0 Å². The zero-order chi connectivity index (χ0) is 10.3. The lowest BCUT2D eigenvalue weighted by molar-refractivity contribution is 0.122. The van der Waals surface area contributed by atoms with Crippen molar-refractivity contribution < 1.29 is 4.74 Å². The third-order valence-electron chi connectivity index (χ3n) is 4.07. The fourth-order valence-electron chi connectivity index (χ4n) is 2.67. The van der Waals surface area contributed by atoms with Crippen LogP contribution in [0.25, 0.3) is 0 Å². The van der Waals surface area contributed by atoms with Crippen LogP contribution >= 0.6 is 0 Å². The minimum atomic E-state index is 0.199. The lowest BCUT2D eigenvalue weighted by atomic mass is 10.0. The number of nitrogens with two attached hydrogens (primary N) is 1. The van der Waals surface area contributed by atoms with Gasteiger partial charge in [0.05, 0.1) is 6.61 Å². The second-order valence-electron chi connectivity index (χ2n) is 5.24. The van der Waals surface area contributed by atoms with E-state index in [9.17, 15) is 0 Å².